The summed E-state index contributed by atoms with van der Waals surface area (Å²) in [7, 11) is 0. The molecule has 0 heterocycles. The molecule has 1 aliphatic rings. The summed E-state index contributed by atoms with van der Waals surface area (Å²) in [6.07, 6.45) is 14.0. The summed E-state index contributed by atoms with van der Waals surface area (Å²) in [4.78, 5) is 0. The fourth-order valence-electron chi connectivity index (χ4n) is 0.860. The second kappa shape index (κ2) is 5.61. The summed E-state index contributed by atoms with van der Waals surface area (Å²) >= 11 is 0. The highest BCUT2D eigenvalue weighted by Crippen LogP contribution is 2.02. The lowest BCUT2D eigenvalue weighted by Gasteiger charge is -1.93. The molecule has 0 aromatic rings. The largest absolute Gasteiger partial charge is 0.0882 e. The van der Waals surface area contributed by atoms with Gasteiger partial charge in [0, 0.05) is 0 Å². The van der Waals surface area contributed by atoms with Gasteiger partial charge in [0.05, 0.1) is 0 Å². The fraction of sp³-hybridized carbons (Fsp3) is 0.556. The molecule has 1 aliphatic carbocycles. The highest BCUT2D eigenvalue weighted by Gasteiger charge is 1.82. The fourth-order valence-corrected chi connectivity index (χ4v) is 0.860. The smallest absolute Gasteiger partial charge is 0.0169 e. The van der Waals surface area contributed by atoms with E-state index in [1.807, 2.05) is 0 Å². The zero-order valence-corrected chi connectivity index (χ0v) is 5.14. The van der Waals surface area contributed by atoms with Crippen LogP contribution in [-0.4, -0.2) is 0 Å². The van der Waals surface area contributed by atoms with Crippen LogP contribution in [0.5, 0.6) is 0 Å². The first kappa shape index (κ1) is 8.48. The highest BCUT2D eigenvalue weighted by molar-refractivity contribution is 4.95. The van der Waals surface area contributed by atoms with Crippen molar-refractivity contribution in [3.63, 3.8) is 0 Å². The zero-order valence-electron chi connectivity index (χ0n) is 5.14. The van der Waals surface area contributed by atoms with Crippen LogP contribution in [0.2, 0.25) is 0 Å². The van der Waals surface area contributed by atoms with E-state index in [0.717, 1.165) is 6.42 Å². The van der Waals surface area contributed by atoms with Gasteiger partial charge in [-0.1, -0.05) is 31.7 Å². The molecule has 0 aliphatic heterocycles. The van der Waals surface area contributed by atoms with Gasteiger partial charge >= 0.3 is 0 Å². The first-order chi connectivity index (χ1) is 4.00. The molecule has 0 nitrogen and oxygen atoms in total. The minimum absolute atomic E-state index is 0. The van der Waals surface area contributed by atoms with Crippen molar-refractivity contribution in [3.8, 4) is 0 Å². The van der Waals surface area contributed by atoms with Crippen LogP contribution < -0.4 is 0 Å². The number of rotatable bonds is 0. The SMILES string of the molecule is C.C1=CCCCC=CC1. The summed E-state index contributed by atoms with van der Waals surface area (Å²) in [5.41, 5.74) is 0. The zero-order chi connectivity index (χ0) is 5.66. The molecule has 0 bridgehead atoms. The van der Waals surface area contributed by atoms with E-state index >= 15 is 0 Å². The van der Waals surface area contributed by atoms with Gasteiger partial charge in [-0.2, -0.15) is 0 Å². The van der Waals surface area contributed by atoms with Crippen molar-refractivity contribution in [3.05, 3.63) is 24.3 Å². The van der Waals surface area contributed by atoms with Crippen LogP contribution in [0.1, 0.15) is 33.1 Å². The number of allylic oxidation sites excluding steroid dienone is 4. The molecule has 52 valence electrons. The molecular weight excluding hydrogens is 108 g/mol. The van der Waals surface area contributed by atoms with Gasteiger partial charge in [0.15, 0.2) is 0 Å². The molecule has 0 aromatic heterocycles. The summed E-state index contributed by atoms with van der Waals surface area (Å²) in [6.45, 7) is 0. The standard InChI is InChI=1S/C8H12.CH4/c1-2-4-6-8-7-5-3-1;/h1-2,5,7H,3-4,6,8H2;1H4. The third-order valence-electron chi connectivity index (χ3n) is 1.35. The number of hydrogen-bond acceptors (Lipinski definition) is 0. The second-order valence-electron chi connectivity index (χ2n) is 2.11. The Morgan fingerprint density at radius 1 is 0.778 bits per heavy atom. The van der Waals surface area contributed by atoms with Gasteiger partial charge in [-0.3, -0.25) is 0 Å². The third-order valence-corrected chi connectivity index (χ3v) is 1.35. The molecule has 9 heavy (non-hydrogen) atoms. The van der Waals surface area contributed by atoms with E-state index in [0.29, 0.717) is 0 Å². The van der Waals surface area contributed by atoms with Crippen LogP contribution in [0, 0.1) is 0 Å². The first-order valence-electron chi connectivity index (χ1n) is 3.30. The van der Waals surface area contributed by atoms with Crippen molar-refractivity contribution < 1.29 is 0 Å². The average Bonchev–Trinajstić information content (AvgIpc) is 1.62. The van der Waals surface area contributed by atoms with E-state index in [1.165, 1.54) is 19.3 Å². The first-order valence-corrected chi connectivity index (χ1v) is 3.30. The van der Waals surface area contributed by atoms with E-state index in [9.17, 15) is 0 Å². The summed E-state index contributed by atoms with van der Waals surface area (Å²) in [6, 6.07) is 0. The Kier molecular flexibility index (Phi) is 5.29. The lowest BCUT2D eigenvalue weighted by atomic mass is 10.1. The second-order valence-corrected chi connectivity index (χ2v) is 2.11. The van der Waals surface area contributed by atoms with Crippen LogP contribution in [0.25, 0.3) is 0 Å². The van der Waals surface area contributed by atoms with Crippen LogP contribution in [0.4, 0.5) is 0 Å². The summed E-state index contributed by atoms with van der Waals surface area (Å²) < 4.78 is 0. The molecule has 0 atom stereocenters. The van der Waals surface area contributed by atoms with Gasteiger partial charge in [0.1, 0.15) is 0 Å². The quantitative estimate of drug-likeness (QED) is 0.434. The Bertz CT molecular complexity index is 86.6. The van der Waals surface area contributed by atoms with E-state index in [1.54, 1.807) is 0 Å². The van der Waals surface area contributed by atoms with Crippen molar-refractivity contribution in [2.45, 2.75) is 33.1 Å². The topological polar surface area (TPSA) is 0 Å². The van der Waals surface area contributed by atoms with Gasteiger partial charge < -0.3 is 0 Å². The lowest BCUT2D eigenvalue weighted by molar-refractivity contribution is 0.857. The van der Waals surface area contributed by atoms with Gasteiger partial charge in [0.2, 0.25) is 0 Å². The molecule has 0 spiro atoms. The molecular formula is C9H16. The molecule has 0 saturated heterocycles. The van der Waals surface area contributed by atoms with Crippen molar-refractivity contribution in [2.24, 2.45) is 0 Å². The van der Waals surface area contributed by atoms with Crippen molar-refractivity contribution >= 4 is 0 Å². The molecule has 0 unspecified atom stereocenters. The molecule has 0 radical (unpaired) electrons. The van der Waals surface area contributed by atoms with Crippen LogP contribution >= 0.6 is 0 Å². The molecule has 1 rings (SSSR count). The Hall–Kier alpha value is -0.520. The summed E-state index contributed by atoms with van der Waals surface area (Å²) in [5.74, 6) is 0. The third kappa shape index (κ3) is 4.01. The van der Waals surface area contributed by atoms with Crippen molar-refractivity contribution in [2.75, 3.05) is 0 Å². The Morgan fingerprint density at radius 3 is 1.89 bits per heavy atom. The van der Waals surface area contributed by atoms with E-state index in [2.05, 4.69) is 24.3 Å². The summed E-state index contributed by atoms with van der Waals surface area (Å²) in [5, 5.41) is 0. The van der Waals surface area contributed by atoms with Crippen LogP contribution in [0.3, 0.4) is 0 Å². The van der Waals surface area contributed by atoms with Gasteiger partial charge in [-0.05, 0) is 25.7 Å². The number of hydrogen-bond donors (Lipinski definition) is 0. The highest BCUT2D eigenvalue weighted by atomic mass is 13.9. The molecule has 0 aromatic carbocycles. The van der Waals surface area contributed by atoms with Crippen molar-refractivity contribution in [1.82, 2.24) is 0 Å². The lowest BCUT2D eigenvalue weighted by Crippen LogP contribution is -1.72. The predicted octanol–water partition coefficient (Wildman–Crippen LogP) is 3.31. The molecule has 0 heteroatoms. The van der Waals surface area contributed by atoms with Gasteiger partial charge in [0.25, 0.3) is 0 Å². The normalized spacial score (nSPS) is 17.8. The Morgan fingerprint density at radius 2 is 1.33 bits per heavy atom. The Balaban J connectivity index is 0.000000640. The minimum atomic E-state index is 0. The van der Waals surface area contributed by atoms with E-state index < -0.39 is 0 Å². The van der Waals surface area contributed by atoms with Crippen LogP contribution in [0.15, 0.2) is 24.3 Å². The predicted molar refractivity (Wildman–Crippen MR) is 43.5 cm³/mol. The van der Waals surface area contributed by atoms with Crippen LogP contribution in [-0.2, 0) is 0 Å². The van der Waals surface area contributed by atoms with E-state index in [4.69, 9.17) is 0 Å². The van der Waals surface area contributed by atoms with Gasteiger partial charge in [-0.15, -0.1) is 0 Å². The Labute approximate surface area is 58.3 Å². The molecule has 0 fully saturated rings. The molecule has 0 amide bonds. The van der Waals surface area contributed by atoms with Crippen molar-refractivity contribution in [1.29, 1.82) is 0 Å². The molecule has 0 N–H and O–H groups in total. The minimum Gasteiger partial charge on any atom is -0.0882 e. The average molecular weight is 124 g/mol. The monoisotopic (exact) mass is 124 g/mol. The maximum absolute atomic E-state index is 2.27. The maximum atomic E-state index is 2.27. The molecule has 0 saturated carbocycles. The maximum Gasteiger partial charge on any atom is -0.0169 e. The van der Waals surface area contributed by atoms with E-state index in [-0.39, 0.29) is 7.43 Å². The van der Waals surface area contributed by atoms with Gasteiger partial charge in [-0.25, -0.2) is 0 Å².